The van der Waals surface area contributed by atoms with E-state index in [9.17, 15) is 14.4 Å². The molecule has 2 aliphatic rings. The maximum absolute atomic E-state index is 12.6. The Hall–Kier alpha value is -4.21. The molecule has 162 valence electrons. The lowest BCUT2D eigenvalue weighted by atomic mass is 10.1. The zero-order valence-electron chi connectivity index (χ0n) is 17.4. The molecule has 10 heteroatoms. The Labute approximate surface area is 183 Å². The van der Waals surface area contributed by atoms with Crippen molar-refractivity contribution < 1.29 is 9.59 Å². The zero-order valence-corrected chi connectivity index (χ0v) is 17.4. The first-order valence-electron chi connectivity index (χ1n) is 10.3. The van der Waals surface area contributed by atoms with Crippen LogP contribution >= 0.6 is 0 Å². The van der Waals surface area contributed by atoms with Gasteiger partial charge < -0.3 is 16.0 Å². The lowest BCUT2D eigenvalue weighted by Gasteiger charge is -2.18. The van der Waals surface area contributed by atoms with Crippen LogP contribution in [0, 0.1) is 6.92 Å². The number of nitrogens with zero attached hydrogens (tertiary/aromatic N) is 4. The van der Waals surface area contributed by atoms with Crippen molar-refractivity contribution in [1.29, 1.82) is 0 Å². The molecule has 0 radical (unpaired) electrons. The van der Waals surface area contributed by atoms with E-state index in [1.54, 1.807) is 24.3 Å². The summed E-state index contributed by atoms with van der Waals surface area (Å²) in [5.74, 6) is 0.962. The highest BCUT2D eigenvalue weighted by molar-refractivity contribution is 6.23. The molecule has 0 aliphatic carbocycles. The monoisotopic (exact) mass is 431 g/mol. The third kappa shape index (κ3) is 3.35. The smallest absolute Gasteiger partial charge is 0.262 e. The highest BCUT2D eigenvalue weighted by Gasteiger charge is 2.31. The third-order valence-electron chi connectivity index (χ3n) is 5.61. The fourth-order valence-corrected chi connectivity index (χ4v) is 4.11. The molecule has 0 spiro atoms. The van der Waals surface area contributed by atoms with Crippen molar-refractivity contribution in [3.63, 3.8) is 0 Å². The van der Waals surface area contributed by atoms with Crippen LogP contribution in [0.2, 0.25) is 0 Å². The zero-order chi connectivity index (χ0) is 22.4. The summed E-state index contributed by atoms with van der Waals surface area (Å²) in [6.45, 7) is 3.84. The first kappa shape index (κ1) is 19.7. The average Bonchev–Trinajstić information content (AvgIpc) is 3.37. The van der Waals surface area contributed by atoms with Crippen molar-refractivity contribution >= 4 is 35.0 Å². The molecule has 2 aromatic heterocycles. The number of anilines is 4. The van der Waals surface area contributed by atoms with Crippen molar-refractivity contribution in [2.75, 3.05) is 29.0 Å². The molecule has 2 amide bonds. The number of fused-ring (bicyclic) bond motifs is 1. The first-order chi connectivity index (χ1) is 15.4. The fraction of sp³-hybridized carbons (Fsp3) is 0.227. The van der Waals surface area contributed by atoms with Gasteiger partial charge in [-0.1, -0.05) is 0 Å². The van der Waals surface area contributed by atoms with E-state index in [1.807, 2.05) is 13.0 Å². The standard InChI is InChI=1S/C22H21N7O3/c1-12-24-16(11-17(25-12)28-8-2-3-9-28)26-13-4-6-14(7-5-13)29-18(30)10-15-19(20(29)23)22(32)27-21(15)31/h4-7,10-11H,2-3,8-9,23H2,1H3,(H,24,25,26)(H,27,31,32). The summed E-state index contributed by atoms with van der Waals surface area (Å²) in [5, 5.41) is 5.42. The molecule has 2 aliphatic heterocycles. The molecule has 32 heavy (non-hydrogen) atoms. The third-order valence-corrected chi connectivity index (χ3v) is 5.61. The minimum atomic E-state index is -0.617. The van der Waals surface area contributed by atoms with E-state index < -0.39 is 17.4 Å². The quantitative estimate of drug-likeness (QED) is 0.532. The largest absolute Gasteiger partial charge is 0.384 e. The maximum Gasteiger partial charge on any atom is 0.262 e. The number of hydrogen-bond donors (Lipinski definition) is 3. The summed E-state index contributed by atoms with van der Waals surface area (Å²) in [7, 11) is 0. The fourth-order valence-electron chi connectivity index (χ4n) is 4.11. The predicted octanol–water partition coefficient (Wildman–Crippen LogP) is 1.75. The van der Waals surface area contributed by atoms with Gasteiger partial charge in [0.25, 0.3) is 17.4 Å². The van der Waals surface area contributed by atoms with Crippen LogP contribution in [0.4, 0.5) is 23.1 Å². The number of aryl methyl sites for hydroxylation is 1. The minimum absolute atomic E-state index is 0.0000235. The van der Waals surface area contributed by atoms with Gasteiger partial charge in [-0.15, -0.1) is 0 Å². The summed E-state index contributed by atoms with van der Waals surface area (Å²) in [5.41, 5.74) is 6.85. The molecular weight excluding hydrogens is 410 g/mol. The number of amides is 2. The molecule has 3 aromatic rings. The van der Waals surface area contributed by atoms with Crippen LogP contribution in [-0.4, -0.2) is 39.4 Å². The Kier molecular flexibility index (Phi) is 4.62. The van der Waals surface area contributed by atoms with Crippen LogP contribution in [-0.2, 0) is 0 Å². The van der Waals surface area contributed by atoms with Crippen molar-refractivity contribution in [1.82, 2.24) is 19.9 Å². The molecule has 10 nitrogen and oxygen atoms in total. The van der Waals surface area contributed by atoms with Gasteiger partial charge in [0.15, 0.2) is 0 Å². The number of carbonyl (C=O) groups excluding carboxylic acids is 2. The Balaban J connectivity index is 1.44. The Bertz CT molecular complexity index is 1310. The summed E-state index contributed by atoms with van der Waals surface area (Å²) in [4.78, 5) is 47.7. The SMILES string of the molecule is Cc1nc(Nc2ccc(-n3c(N)c4c(cc3=O)C(=O)NC4=O)cc2)cc(N2CCCC2)n1. The molecule has 4 heterocycles. The minimum Gasteiger partial charge on any atom is -0.384 e. The van der Waals surface area contributed by atoms with Crippen LogP contribution in [0.3, 0.4) is 0 Å². The van der Waals surface area contributed by atoms with Gasteiger partial charge in [-0.3, -0.25) is 24.3 Å². The Morgan fingerprint density at radius 1 is 1.00 bits per heavy atom. The van der Waals surface area contributed by atoms with E-state index in [0.717, 1.165) is 43.5 Å². The van der Waals surface area contributed by atoms with Gasteiger partial charge in [-0.05, 0) is 44.0 Å². The van der Waals surface area contributed by atoms with Crippen LogP contribution in [0.5, 0.6) is 0 Å². The van der Waals surface area contributed by atoms with Crippen molar-refractivity contribution in [3.05, 3.63) is 63.7 Å². The first-order valence-corrected chi connectivity index (χ1v) is 10.3. The van der Waals surface area contributed by atoms with Crippen LogP contribution in [0.15, 0.2) is 41.2 Å². The molecule has 0 saturated carbocycles. The van der Waals surface area contributed by atoms with E-state index in [4.69, 9.17) is 5.73 Å². The summed E-state index contributed by atoms with van der Waals surface area (Å²) >= 11 is 0. The second-order valence-corrected chi connectivity index (χ2v) is 7.80. The highest BCUT2D eigenvalue weighted by Crippen LogP contribution is 2.25. The van der Waals surface area contributed by atoms with E-state index in [1.165, 1.54) is 4.57 Å². The van der Waals surface area contributed by atoms with Crippen LogP contribution in [0.1, 0.15) is 39.4 Å². The van der Waals surface area contributed by atoms with E-state index in [-0.39, 0.29) is 16.9 Å². The van der Waals surface area contributed by atoms with E-state index in [0.29, 0.717) is 17.3 Å². The molecule has 0 atom stereocenters. The van der Waals surface area contributed by atoms with Crippen molar-refractivity contribution in [2.45, 2.75) is 19.8 Å². The Morgan fingerprint density at radius 2 is 1.72 bits per heavy atom. The van der Waals surface area contributed by atoms with Crippen LogP contribution in [0.25, 0.3) is 5.69 Å². The number of carbonyl (C=O) groups is 2. The summed E-state index contributed by atoms with van der Waals surface area (Å²) in [6, 6.07) is 10.0. The molecule has 0 bridgehead atoms. The van der Waals surface area contributed by atoms with Crippen molar-refractivity contribution in [2.24, 2.45) is 0 Å². The maximum atomic E-state index is 12.6. The van der Waals surface area contributed by atoms with Gasteiger partial charge in [0.2, 0.25) is 0 Å². The number of hydrogen-bond acceptors (Lipinski definition) is 8. The van der Waals surface area contributed by atoms with Gasteiger partial charge in [-0.2, -0.15) is 0 Å². The summed E-state index contributed by atoms with van der Waals surface area (Å²) < 4.78 is 1.21. The highest BCUT2D eigenvalue weighted by atomic mass is 16.2. The number of pyridine rings is 1. The number of nitrogens with one attached hydrogen (secondary N) is 2. The van der Waals surface area contributed by atoms with Crippen molar-refractivity contribution in [3.8, 4) is 5.69 Å². The van der Waals surface area contributed by atoms with Gasteiger partial charge in [-0.25, -0.2) is 9.97 Å². The second kappa shape index (κ2) is 7.49. The number of benzene rings is 1. The molecule has 1 saturated heterocycles. The lowest BCUT2D eigenvalue weighted by Crippen LogP contribution is -2.24. The van der Waals surface area contributed by atoms with Gasteiger partial charge in [0.1, 0.15) is 23.3 Å². The predicted molar refractivity (Wildman–Crippen MR) is 120 cm³/mol. The van der Waals surface area contributed by atoms with E-state index >= 15 is 0 Å². The second-order valence-electron chi connectivity index (χ2n) is 7.80. The molecule has 1 fully saturated rings. The topological polar surface area (TPSA) is 135 Å². The number of nitrogen functional groups attached to an aromatic ring is 1. The van der Waals surface area contributed by atoms with Gasteiger partial charge in [0, 0.05) is 30.9 Å². The number of imide groups is 1. The van der Waals surface area contributed by atoms with Crippen LogP contribution < -0.4 is 26.8 Å². The number of rotatable bonds is 4. The summed E-state index contributed by atoms with van der Waals surface area (Å²) in [6.07, 6.45) is 2.32. The molecule has 5 rings (SSSR count). The normalized spacial score (nSPS) is 15.1. The number of nitrogens with two attached hydrogens (primary N) is 1. The van der Waals surface area contributed by atoms with Gasteiger partial charge >= 0.3 is 0 Å². The molecule has 4 N–H and O–H groups in total. The van der Waals surface area contributed by atoms with Gasteiger partial charge in [0.05, 0.1) is 16.8 Å². The molecule has 0 unspecified atom stereocenters. The molecule has 1 aromatic carbocycles. The molecular formula is C22H21N7O3. The van der Waals surface area contributed by atoms with E-state index in [2.05, 4.69) is 25.5 Å². The average molecular weight is 431 g/mol. The Morgan fingerprint density at radius 3 is 2.44 bits per heavy atom. The number of aromatic nitrogens is 3. The lowest BCUT2D eigenvalue weighted by molar-refractivity contribution is 0.0880.